The first-order chi connectivity index (χ1) is 11.6. The molecule has 1 aromatic heterocycles. The van der Waals surface area contributed by atoms with Crippen molar-refractivity contribution in [2.45, 2.75) is 24.9 Å². The standard InChI is InChI=1S/C17H16BrNO4S/c1-11(20)19-14(10-24-16(19)15-7-4-8-22-15)17(21)23-9-12-5-2-3-6-13(12)18/h2-8,14,16H,9-10H2,1H3/t14-,16-/m0/s1. The van der Waals surface area contributed by atoms with E-state index in [1.165, 1.54) is 23.6 Å². The predicted molar refractivity (Wildman–Crippen MR) is 94.2 cm³/mol. The number of amides is 1. The molecule has 1 saturated heterocycles. The highest BCUT2D eigenvalue weighted by molar-refractivity contribution is 9.10. The normalized spacial score (nSPS) is 20.2. The van der Waals surface area contributed by atoms with E-state index in [-0.39, 0.29) is 17.9 Å². The number of thioether (sulfide) groups is 1. The summed E-state index contributed by atoms with van der Waals surface area (Å²) in [6, 6.07) is 10.5. The van der Waals surface area contributed by atoms with Gasteiger partial charge in [-0.2, -0.15) is 0 Å². The lowest BCUT2D eigenvalue weighted by atomic mass is 10.2. The van der Waals surface area contributed by atoms with E-state index >= 15 is 0 Å². The van der Waals surface area contributed by atoms with Gasteiger partial charge in [-0.3, -0.25) is 4.79 Å². The molecule has 0 unspecified atom stereocenters. The van der Waals surface area contributed by atoms with Crippen molar-refractivity contribution < 1.29 is 18.7 Å². The van der Waals surface area contributed by atoms with Crippen LogP contribution in [-0.2, 0) is 20.9 Å². The minimum absolute atomic E-state index is 0.165. The fourth-order valence-electron chi connectivity index (χ4n) is 2.58. The average Bonchev–Trinajstić information content (AvgIpc) is 3.22. The van der Waals surface area contributed by atoms with Crippen LogP contribution in [0.5, 0.6) is 0 Å². The van der Waals surface area contributed by atoms with E-state index in [0.717, 1.165) is 10.0 Å². The summed E-state index contributed by atoms with van der Waals surface area (Å²) in [4.78, 5) is 26.1. The first-order valence-electron chi connectivity index (χ1n) is 7.42. The lowest BCUT2D eigenvalue weighted by Crippen LogP contribution is -2.42. The van der Waals surface area contributed by atoms with Crippen molar-refractivity contribution in [3.63, 3.8) is 0 Å². The van der Waals surface area contributed by atoms with E-state index in [1.54, 1.807) is 12.3 Å². The summed E-state index contributed by atoms with van der Waals surface area (Å²) in [5, 5.41) is -0.293. The number of hydrogen-bond donors (Lipinski definition) is 0. The van der Waals surface area contributed by atoms with Crippen molar-refractivity contribution in [3.05, 3.63) is 58.5 Å². The van der Waals surface area contributed by atoms with Gasteiger partial charge >= 0.3 is 5.97 Å². The largest absolute Gasteiger partial charge is 0.466 e. The molecule has 5 nitrogen and oxygen atoms in total. The maximum atomic E-state index is 12.5. The SMILES string of the molecule is CC(=O)N1[C@H](C(=O)OCc2ccccc2Br)CS[C@H]1c1ccco1. The summed E-state index contributed by atoms with van der Waals surface area (Å²) in [5.41, 5.74) is 0.883. The zero-order chi connectivity index (χ0) is 17.1. The van der Waals surface area contributed by atoms with Crippen LogP contribution in [0.25, 0.3) is 0 Å². The number of carbonyl (C=O) groups excluding carboxylic acids is 2. The fourth-order valence-corrected chi connectivity index (χ4v) is 4.40. The minimum atomic E-state index is -0.606. The van der Waals surface area contributed by atoms with Crippen molar-refractivity contribution >= 4 is 39.6 Å². The van der Waals surface area contributed by atoms with Crippen LogP contribution in [0, 0.1) is 0 Å². The number of benzene rings is 1. The quantitative estimate of drug-likeness (QED) is 0.719. The van der Waals surface area contributed by atoms with Gasteiger partial charge in [0.1, 0.15) is 23.8 Å². The highest BCUT2D eigenvalue weighted by Gasteiger charge is 2.43. The second-order valence-electron chi connectivity index (χ2n) is 5.34. The van der Waals surface area contributed by atoms with E-state index in [1.807, 2.05) is 30.3 Å². The third kappa shape index (κ3) is 3.52. The van der Waals surface area contributed by atoms with E-state index in [4.69, 9.17) is 9.15 Å². The van der Waals surface area contributed by atoms with Crippen molar-refractivity contribution in [2.24, 2.45) is 0 Å². The van der Waals surface area contributed by atoms with Crippen LogP contribution in [0.4, 0.5) is 0 Å². The van der Waals surface area contributed by atoms with Gasteiger partial charge in [0.05, 0.1) is 6.26 Å². The molecule has 0 aliphatic carbocycles. The monoisotopic (exact) mass is 409 g/mol. The van der Waals surface area contributed by atoms with Gasteiger partial charge in [0.25, 0.3) is 0 Å². The van der Waals surface area contributed by atoms with Crippen molar-refractivity contribution in [1.29, 1.82) is 0 Å². The molecule has 1 aliphatic heterocycles. The van der Waals surface area contributed by atoms with Gasteiger partial charge in [0.2, 0.25) is 5.91 Å². The third-order valence-electron chi connectivity index (χ3n) is 3.75. The number of esters is 1. The van der Waals surface area contributed by atoms with Gasteiger partial charge in [-0.1, -0.05) is 34.1 Å². The van der Waals surface area contributed by atoms with Crippen LogP contribution in [0.1, 0.15) is 23.6 Å². The molecule has 0 bridgehead atoms. The molecule has 7 heteroatoms. The second-order valence-corrected chi connectivity index (χ2v) is 7.31. The molecule has 24 heavy (non-hydrogen) atoms. The number of hydrogen-bond acceptors (Lipinski definition) is 5. The summed E-state index contributed by atoms with van der Waals surface area (Å²) < 4.78 is 11.7. The third-order valence-corrected chi connectivity index (χ3v) is 5.81. The molecule has 0 spiro atoms. The van der Waals surface area contributed by atoms with Gasteiger partial charge in [-0.15, -0.1) is 11.8 Å². The maximum absolute atomic E-state index is 12.5. The fraction of sp³-hybridized carbons (Fsp3) is 0.294. The summed E-state index contributed by atoms with van der Waals surface area (Å²) in [6.45, 7) is 1.62. The van der Waals surface area contributed by atoms with Crippen molar-refractivity contribution in [3.8, 4) is 0 Å². The highest BCUT2D eigenvalue weighted by atomic mass is 79.9. The van der Waals surface area contributed by atoms with Crippen molar-refractivity contribution in [1.82, 2.24) is 4.90 Å². The summed E-state index contributed by atoms with van der Waals surface area (Å²) in [7, 11) is 0. The van der Waals surface area contributed by atoms with E-state index in [2.05, 4.69) is 15.9 Å². The molecule has 2 atom stereocenters. The van der Waals surface area contributed by atoms with Gasteiger partial charge in [-0.05, 0) is 18.2 Å². The predicted octanol–water partition coefficient (Wildman–Crippen LogP) is 3.75. The Morgan fingerprint density at radius 1 is 1.33 bits per heavy atom. The topological polar surface area (TPSA) is 59.8 Å². The molecule has 1 fully saturated rings. The van der Waals surface area contributed by atoms with E-state index in [9.17, 15) is 9.59 Å². The molecule has 1 aromatic carbocycles. The van der Waals surface area contributed by atoms with Crippen LogP contribution in [0.15, 0.2) is 51.6 Å². The number of rotatable bonds is 4. The smallest absolute Gasteiger partial charge is 0.330 e. The van der Waals surface area contributed by atoms with Crippen LogP contribution >= 0.6 is 27.7 Å². The van der Waals surface area contributed by atoms with Gasteiger partial charge in [-0.25, -0.2) is 4.79 Å². The Morgan fingerprint density at radius 3 is 2.79 bits per heavy atom. The van der Waals surface area contributed by atoms with Gasteiger partial charge in [0, 0.05) is 22.7 Å². The van der Waals surface area contributed by atoms with Crippen LogP contribution < -0.4 is 0 Å². The molecule has 0 N–H and O–H groups in total. The van der Waals surface area contributed by atoms with Crippen molar-refractivity contribution in [2.75, 3.05) is 5.75 Å². The van der Waals surface area contributed by atoms with Crippen LogP contribution in [0.3, 0.4) is 0 Å². The number of furan rings is 1. The van der Waals surface area contributed by atoms with E-state index < -0.39 is 12.0 Å². The molecule has 1 amide bonds. The highest BCUT2D eigenvalue weighted by Crippen LogP contribution is 2.41. The Kier molecular flexibility index (Phi) is 5.30. The Hall–Kier alpha value is -1.73. The summed E-state index contributed by atoms with van der Waals surface area (Å²) in [5.74, 6) is 0.572. The number of ether oxygens (including phenoxy) is 1. The first-order valence-corrected chi connectivity index (χ1v) is 9.26. The average molecular weight is 410 g/mol. The molecule has 1 aliphatic rings. The summed E-state index contributed by atoms with van der Waals surface area (Å²) in [6.07, 6.45) is 1.56. The number of carbonyl (C=O) groups is 2. The molecular formula is C17H16BrNO4S. The van der Waals surface area contributed by atoms with Gasteiger partial charge < -0.3 is 14.1 Å². The Bertz CT molecular complexity index is 734. The van der Waals surface area contributed by atoms with Crippen LogP contribution in [0.2, 0.25) is 0 Å². The molecule has 0 radical (unpaired) electrons. The number of halogens is 1. The Labute approximate surface area is 152 Å². The van der Waals surface area contributed by atoms with Crippen LogP contribution in [-0.4, -0.2) is 28.6 Å². The molecule has 0 saturated carbocycles. The summed E-state index contributed by atoms with van der Waals surface area (Å²) >= 11 is 4.93. The molecular weight excluding hydrogens is 394 g/mol. The van der Waals surface area contributed by atoms with Gasteiger partial charge in [0.15, 0.2) is 0 Å². The molecule has 126 valence electrons. The first kappa shape index (κ1) is 17.1. The Balaban J connectivity index is 1.70. The maximum Gasteiger partial charge on any atom is 0.330 e. The Morgan fingerprint density at radius 2 is 2.12 bits per heavy atom. The minimum Gasteiger partial charge on any atom is -0.466 e. The zero-order valence-corrected chi connectivity index (χ0v) is 15.4. The van der Waals surface area contributed by atoms with E-state index in [0.29, 0.717) is 11.5 Å². The second kappa shape index (κ2) is 7.44. The lowest BCUT2D eigenvalue weighted by Gasteiger charge is -2.25. The number of nitrogens with zero attached hydrogens (tertiary/aromatic N) is 1. The zero-order valence-electron chi connectivity index (χ0n) is 13.0. The molecule has 2 aromatic rings. The lowest BCUT2D eigenvalue weighted by molar-refractivity contribution is -0.154. The molecule has 3 rings (SSSR count). The molecule has 2 heterocycles.